The van der Waals surface area contributed by atoms with Crippen LogP contribution < -0.4 is 5.32 Å². The maximum absolute atomic E-state index is 13.1. The molecular weight excluding hydrogens is 460 g/mol. The predicted molar refractivity (Wildman–Crippen MR) is 117 cm³/mol. The summed E-state index contributed by atoms with van der Waals surface area (Å²) in [5.74, 6) is -2.06. The van der Waals surface area contributed by atoms with Gasteiger partial charge >= 0.3 is 18.3 Å². The minimum absolute atomic E-state index is 0.0679. The number of halogens is 6. The van der Waals surface area contributed by atoms with Crippen molar-refractivity contribution < 1.29 is 36.2 Å². The van der Waals surface area contributed by atoms with E-state index in [1.807, 2.05) is 19.9 Å². The Labute approximate surface area is 194 Å². The highest BCUT2D eigenvalue weighted by Crippen LogP contribution is 2.41. The highest BCUT2D eigenvalue weighted by Gasteiger charge is 2.43. The highest BCUT2D eigenvalue weighted by molar-refractivity contribution is 5.78. The summed E-state index contributed by atoms with van der Waals surface area (Å²) in [6.07, 6.45) is -4.15. The van der Waals surface area contributed by atoms with Crippen LogP contribution in [-0.4, -0.2) is 29.8 Å². The van der Waals surface area contributed by atoms with E-state index in [4.69, 9.17) is 0 Å². The average Bonchev–Trinajstić information content (AvgIpc) is 2.76. The summed E-state index contributed by atoms with van der Waals surface area (Å²) in [4.78, 5) is 12.0. The molecule has 188 valence electrons. The van der Waals surface area contributed by atoms with E-state index in [9.17, 15) is 36.2 Å². The number of alkyl halides is 6. The van der Waals surface area contributed by atoms with Crippen LogP contribution in [0.1, 0.15) is 50.7 Å². The van der Waals surface area contributed by atoms with Crippen LogP contribution in [0.15, 0.2) is 42.0 Å². The van der Waals surface area contributed by atoms with Crippen LogP contribution in [0.5, 0.6) is 0 Å². The number of carboxylic acid groups (broad SMARTS) is 1. The van der Waals surface area contributed by atoms with Crippen molar-refractivity contribution in [3.05, 3.63) is 53.1 Å². The third kappa shape index (κ3) is 6.43. The van der Waals surface area contributed by atoms with Gasteiger partial charge < -0.3 is 10.4 Å². The van der Waals surface area contributed by atoms with Crippen molar-refractivity contribution in [3.8, 4) is 0 Å². The van der Waals surface area contributed by atoms with Gasteiger partial charge in [0.05, 0.1) is 11.5 Å². The van der Waals surface area contributed by atoms with Crippen molar-refractivity contribution >= 4 is 11.5 Å². The topological polar surface area (TPSA) is 49.3 Å². The molecule has 0 bridgehead atoms. The van der Waals surface area contributed by atoms with Gasteiger partial charge in [0.1, 0.15) is 6.04 Å². The molecule has 1 aliphatic heterocycles. The minimum atomic E-state index is -4.47. The summed E-state index contributed by atoms with van der Waals surface area (Å²) >= 11 is 0. The van der Waals surface area contributed by atoms with Crippen LogP contribution in [0.4, 0.5) is 26.3 Å². The van der Waals surface area contributed by atoms with Gasteiger partial charge in [-0.1, -0.05) is 38.1 Å². The van der Waals surface area contributed by atoms with Crippen molar-refractivity contribution in [1.82, 2.24) is 5.32 Å². The van der Waals surface area contributed by atoms with Gasteiger partial charge in [0, 0.05) is 0 Å². The SMILES string of the molecule is CC(C)C[C@H](C(=O)O)C1=CC([C@H]2CC[C@@H](C(F)(F)F)NC2)CC(c2ccc(C(F)(F)F)cc2)=C1. The molecule has 3 nitrogen and oxygen atoms in total. The number of carbonyl (C=O) groups is 1. The Hall–Kier alpha value is -2.29. The van der Waals surface area contributed by atoms with Gasteiger partial charge in [-0.05, 0) is 78.8 Å². The van der Waals surface area contributed by atoms with E-state index >= 15 is 0 Å². The summed E-state index contributed by atoms with van der Waals surface area (Å²) in [5.41, 5.74) is 1.03. The van der Waals surface area contributed by atoms with E-state index in [0.717, 1.165) is 12.1 Å². The van der Waals surface area contributed by atoms with E-state index in [1.165, 1.54) is 12.1 Å². The van der Waals surface area contributed by atoms with E-state index < -0.39 is 35.8 Å². The standard InChI is InChI=1S/C25H29F6NO2/c1-14(2)9-21(23(33)34)19-11-17(15-3-6-20(7-4-15)24(26,27)28)10-18(12-19)16-5-8-22(32-13-16)25(29,30)31/h3-4,6-7,11-12,14,16,18,21-22,32H,5,8-10,13H2,1-2H3,(H,33,34)/t16-,18?,21-,22-/m0/s1. The average molecular weight is 490 g/mol. The Kier molecular flexibility index (Phi) is 7.85. The zero-order valence-electron chi connectivity index (χ0n) is 19.0. The van der Waals surface area contributed by atoms with Crippen LogP contribution in [0, 0.1) is 23.7 Å². The van der Waals surface area contributed by atoms with Gasteiger partial charge in [0.15, 0.2) is 0 Å². The summed E-state index contributed by atoms with van der Waals surface area (Å²) in [7, 11) is 0. The zero-order chi connectivity index (χ0) is 25.3. The molecule has 0 amide bonds. The Morgan fingerprint density at radius 2 is 1.74 bits per heavy atom. The molecule has 4 atom stereocenters. The van der Waals surface area contributed by atoms with Crippen LogP contribution in [0.3, 0.4) is 0 Å². The molecule has 34 heavy (non-hydrogen) atoms. The largest absolute Gasteiger partial charge is 0.481 e. The number of rotatable bonds is 6. The summed E-state index contributed by atoms with van der Waals surface area (Å²) in [6.45, 7) is 3.94. The third-order valence-corrected chi connectivity index (χ3v) is 6.65. The molecule has 0 aromatic heterocycles. The molecule has 1 aliphatic carbocycles. The second kappa shape index (κ2) is 10.1. The van der Waals surface area contributed by atoms with Crippen molar-refractivity contribution in [2.75, 3.05) is 6.54 Å². The van der Waals surface area contributed by atoms with Gasteiger partial charge in [-0.25, -0.2) is 0 Å². The number of carboxylic acids is 1. The lowest BCUT2D eigenvalue weighted by Crippen LogP contribution is -2.49. The first-order valence-corrected chi connectivity index (χ1v) is 11.4. The van der Waals surface area contributed by atoms with Gasteiger partial charge in [0.2, 0.25) is 0 Å². The van der Waals surface area contributed by atoms with Crippen molar-refractivity contribution in [1.29, 1.82) is 0 Å². The molecule has 1 aromatic carbocycles. The number of aliphatic carboxylic acids is 1. The number of hydrogen-bond acceptors (Lipinski definition) is 2. The lowest BCUT2D eigenvalue weighted by Gasteiger charge is -2.37. The van der Waals surface area contributed by atoms with Crippen molar-refractivity contribution in [2.24, 2.45) is 23.7 Å². The molecule has 3 rings (SSSR count). The fraction of sp³-hybridized carbons (Fsp3) is 0.560. The molecule has 1 fully saturated rings. The molecule has 1 heterocycles. The maximum atomic E-state index is 13.1. The third-order valence-electron chi connectivity index (χ3n) is 6.65. The Balaban J connectivity index is 1.91. The number of allylic oxidation sites excluding steroid dienone is 3. The first-order valence-electron chi connectivity index (χ1n) is 11.4. The summed E-state index contributed by atoms with van der Waals surface area (Å²) in [5, 5.41) is 12.4. The van der Waals surface area contributed by atoms with Crippen LogP contribution in [-0.2, 0) is 11.0 Å². The van der Waals surface area contributed by atoms with E-state index in [0.29, 0.717) is 36.0 Å². The van der Waals surface area contributed by atoms with Crippen molar-refractivity contribution in [3.63, 3.8) is 0 Å². The first kappa shape index (κ1) is 26.3. The first-order chi connectivity index (χ1) is 15.8. The fourth-order valence-corrected chi connectivity index (χ4v) is 4.84. The van der Waals surface area contributed by atoms with Crippen LogP contribution in [0.25, 0.3) is 5.57 Å². The molecule has 0 spiro atoms. The second-order valence-corrected chi connectivity index (χ2v) is 9.64. The van der Waals surface area contributed by atoms with E-state index in [2.05, 4.69) is 5.32 Å². The molecule has 0 saturated carbocycles. The lowest BCUT2D eigenvalue weighted by molar-refractivity contribution is -0.162. The number of nitrogens with one attached hydrogen (secondary N) is 1. The molecule has 1 aromatic rings. The van der Waals surface area contributed by atoms with E-state index in [1.54, 1.807) is 6.08 Å². The Morgan fingerprint density at radius 1 is 1.09 bits per heavy atom. The van der Waals surface area contributed by atoms with Gasteiger partial charge in [-0.15, -0.1) is 0 Å². The molecular formula is C25H29F6NO2. The Bertz CT molecular complexity index is 922. The quantitative estimate of drug-likeness (QED) is 0.437. The lowest BCUT2D eigenvalue weighted by atomic mass is 9.73. The smallest absolute Gasteiger partial charge is 0.416 e. The fourth-order valence-electron chi connectivity index (χ4n) is 4.84. The molecule has 2 N–H and O–H groups in total. The maximum Gasteiger partial charge on any atom is 0.416 e. The molecule has 9 heteroatoms. The molecule has 0 radical (unpaired) electrons. The van der Waals surface area contributed by atoms with Crippen LogP contribution in [0.2, 0.25) is 0 Å². The molecule has 1 unspecified atom stereocenters. The number of benzene rings is 1. The normalized spacial score (nSPS) is 25.0. The van der Waals surface area contributed by atoms with E-state index in [-0.39, 0.29) is 30.7 Å². The molecule has 2 aliphatic rings. The Morgan fingerprint density at radius 3 is 2.21 bits per heavy atom. The number of hydrogen-bond donors (Lipinski definition) is 2. The summed E-state index contributed by atoms with van der Waals surface area (Å²) < 4.78 is 78.1. The molecule has 1 saturated heterocycles. The number of piperidine rings is 1. The highest BCUT2D eigenvalue weighted by atomic mass is 19.4. The second-order valence-electron chi connectivity index (χ2n) is 9.64. The van der Waals surface area contributed by atoms with Gasteiger partial charge in [-0.2, -0.15) is 26.3 Å². The summed E-state index contributed by atoms with van der Waals surface area (Å²) in [6, 6.07) is 3.15. The van der Waals surface area contributed by atoms with Gasteiger partial charge in [-0.3, -0.25) is 4.79 Å². The monoisotopic (exact) mass is 489 g/mol. The minimum Gasteiger partial charge on any atom is -0.481 e. The van der Waals surface area contributed by atoms with Crippen molar-refractivity contribution in [2.45, 2.75) is 57.9 Å². The van der Waals surface area contributed by atoms with Gasteiger partial charge in [0.25, 0.3) is 0 Å². The zero-order valence-corrected chi connectivity index (χ0v) is 19.0. The van der Waals surface area contributed by atoms with Crippen LogP contribution >= 0.6 is 0 Å². The predicted octanol–water partition coefficient (Wildman–Crippen LogP) is 6.71.